The number of benzene rings is 1. The fourth-order valence-corrected chi connectivity index (χ4v) is 3.54. The van der Waals surface area contributed by atoms with Crippen molar-refractivity contribution in [2.45, 2.75) is 97.5 Å². The third-order valence-corrected chi connectivity index (χ3v) is 6.77. The Bertz CT molecular complexity index is 1450. The predicted octanol–water partition coefficient (Wildman–Crippen LogP) is 10.5. The summed E-state index contributed by atoms with van der Waals surface area (Å²) in [6, 6.07) is -0.140. The van der Waals surface area contributed by atoms with Crippen molar-refractivity contribution in [3.8, 4) is 5.75 Å². The summed E-state index contributed by atoms with van der Waals surface area (Å²) in [6.07, 6.45) is -8.91. The lowest BCUT2D eigenvalue weighted by atomic mass is 9.81. The Labute approximate surface area is 259 Å². The Morgan fingerprint density at radius 1 is 0.440 bits per heavy atom. The average Bonchev–Trinajstić information content (AvgIpc) is 2.90. The average molecular weight is 796 g/mol. The normalized spacial score (nSPS) is 16.2. The van der Waals surface area contributed by atoms with Gasteiger partial charge in [-0.25, -0.2) is 0 Å². The smallest absolute Gasteiger partial charge is 0.460 e. The second-order valence-corrected chi connectivity index (χ2v) is 11.1. The maximum absolute atomic E-state index is 14.8. The summed E-state index contributed by atoms with van der Waals surface area (Å²) in [5, 5.41) is 9.70. The molecule has 0 aliphatic heterocycles. The van der Waals surface area contributed by atoms with Gasteiger partial charge in [0.1, 0.15) is 5.75 Å². The van der Waals surface area contributed by atoms with Crippen LogP contribution in [0.25, 0.3) is 0 Å². The number of rotatable bonds is 12. The standard InChI is InChI=1S/C23H13F25O2/c1-11(2,3)8-4-7(6-49)10(50)9(5-8)12(24,25)13(26,27)14(28,29)15(30,31)16(32,33)17(34,35)18(36,37)19(38,39)20(40,41)21(42,43)22(44,45)23(46,47)48/h4-6,50H,1-3H3. The van der Waals surface area contributed by atoms with Gasteiger partial charge in [0, 0.05) is 0 Å². The van der Waals surface area contributed by atoms with Gasteiger partial charge >= 0.3 is 71.3 Å². The number of phenolic OH excluding ortho intramolecular Hbond substituents is 1. The van der Waals surface area contributed by atoms with Gasteiger partial charge in [-0.05, 0) is 23.1 Å². The van der Waals surface area contributed by atoms with Gasteiger partial charge in [0.15, 0.2) is 6.29 Å². The maximum atomic E-state index is 14.8. The van der Waals surface area contributed by atoms with Crippen LogP contribution in [0.1, 0.15) is 42.3 Å². The van der Waals surface area contributed by atoms with E-state index in [9.17, 15) is 120 Å². The molecule has 0 aliphatic rings. The highest BCUT2D eigenvalue weighted by Crippen LogP contribution is 2.68. The Balaban J connectivity index is 4.08. The van der Waals surface area contributed by atoms with Crippen LogP contribution in [0.5, 0.6) is 5.75 Å². The van der Waals surface area contributed by atoms with Crippen LogP contribution in [0, 0.1) is 0 Å². The Morgan fingerprint density at radius 3 is 0.940 bits per heavy atom. The molecule has 0 fully saturated rings. The minimum absolute atomic E-state index is 0.355. The first kappa shape index (κ1) is 45.0. The third kappa shape index (κ3) is 5.47. The molecule has 0 saturated heterocycles. The van der Waals surface area contributed by atoms with Crippen LogP contribution in [-0.2, 0) is 11.3 Å². The summed E-state index contributed by atoms with van der Waals surface area (Å²) < 4.78 is 343. The molecule has 0 aliphatic carbocycles. The number of carbonyl (C=O) groups is 1. The molecular formula is C23H13F25O2. The number of aromatic hydroxyl groups is 1. The summed E-state index contributed by atoms with van der Waals surface area (Å²) in [7, 11) is 0. The Hall–Kier alpha value is -3.06. The quantitative estimate of drug-likeness (QED) is 0.169. The molecule has 27 heteroatoms. The lowest BCUT2D eigenvalue weighted by Crippen LogP contribution is -2.78. The van der Waals surface area contributed by atoms with E-state index in [2.05, 4.69) is 0 Å². The van der Waals surface area contributed by atoms with E-state index in [-0.39, 0.29) is 0 Å². The van der Waals surface area contributed by atoms with E-state index in [1.165, 1.54) is 0 Å². The highest BCUT2D eigenvalue weighted by Gasteiger charge is 2.99. The van der Waals surface area contributed by atoms with Crippen molar-refractivity contribution in [2.75, 3.05) is 0 Å². The Kier molecular flexibility index (Phi) is 10.3. The summed E-state index contributed by atoms with van der Waals surface area (Å²) in [6.45, 7) is 2.87. The van der Waals surface area contributed by atoms with Gasteiger partial charge < -0.3 is 5.11 Å². The molecule has 2 nitrogen and oxygen atoms in total. The molecular weight excluding hydrogens is 783 g/mol. The number of carbonyl (C=O) groups excluding carboxylic acids is 1. The molecule has 1 aromatic carbocycles. The van der Waals surface area contributed by atoms with Crippen molar-refractivity contribution in [1.29, 1.82) is 0 Å². The van der Waals surface area contributed by atoms with Gasteiger partial charge in [0.2, 0.25) is 0 Å². The summed E-state index contributed by atoms with van der Waals surface area (Å²) in [5.41, 5.74) is -7.23. The zero-order chi connectivity index (χ0) is 40.9. The monoisotopic (exact) mass is 796 g/mol. The number of alkyl halides is 25. The van der Waals surface area contributed by atoms with E-state index in [1.54, 1.807) is 0 Å². The molecule has 292 valence electrons. The highest BCUT2D eigenvalue weighted by molar-refractivity contribution is 5.81. The third-order valence-electron chi connectivity index (χ3n) is 6.77. The molecule has 0 radical (unpaired) electrons. The second-order valence-electron chi connectivity index (χ2n) is 11.1. The SMILES string of the molecule is CC(C)(C)c1cc(C=O)c(O)c(C(F)(F)C(F)(F)C(F)(F)C(F)(F)C(F)(F)C(F)(F)C(F)(F)C(F)(F)C(F)(F)C(F)(F)C(F)(F)C(F)(F)F)c1. The van der Waals surface area contributed by atoms with E-state index >= 15 is 0 Å². The topological polar surface area (TPSA) is 37.3 Å². The van der Waals surface area contributed by atoms with Crippen LogP contribution < -0.4 is 0 Å². The molecule has 50 heavy (non-hydrogen) atoms. The number of hydrogen-bond acceptors (Lipinski definition) is 2. The van der Waals surface area contributed by atoms with Crippen molar-refractivity contribution < 1.29 is 120 Å². The van der Waals surface area contributed by atoms with Gasteiger partial charge in [0.05, 0.1) is 11.1 Å². The largest absolute Gasteiger partial charge is 0.507 e. The molecule has 0 spiro atoms. The molecule has 0 atom stereocenters. The van der Waals surface area contributed by atoms with Crippen LogP contribution in [0.15, 0.2) is 12.1 Å². The van der Waals surface area contributed by atoms with Crippen LogP contribution in [0.3, 0.4) is 0 Å². The predicted molar refractivity (Wildman–Crippen MR) is 112 cm³/mol. The van der Waals surface area contributed by atoms with E-state index < -0.39 is 112 Å². The zero-order valence-corrected chi connectivity index (χ0v) is 23.5. The molecule has 0 unspecified atom stereocenters. The van der Waals surface area contributed by atoms with E-state index in [0.717, 1.165) is 20.8 Å². The first-order valence-corrected chi connectivity index (χ1v) is 11.9. The van der Waals surface area contributed by atoms with Crippen LogP contribution >= 0.6 is 0 Å². The molecule has 1 N–H and O–H groups in total. The van der Waals surface area contributed by atoms with Crippen molar-refractivity contribution in [2.24, 2.45) is 0 Å². The van der Waals surface area contributed by atoms with Crippen molar-refractivity contribution in [1.82, 2.24) is 0 Å². The molecule has 1 aromatic rings. The van der Waals surface area contributed by atoms with Crippen LogP contribution in [0.4, 0.5) is 110 Å². The molecule has 0 amide bonds. The molecule has 1 rings (SSSR count). The lowest BCUT2D eigenvalue weighted by Gasteiger charge is -2.45. The molecule has 0 aromatic heterocycles. The number of halogens is 25. The fourth-order valence-electron chi connectivity index (χ4n) is 3.54. The number of hydrogen-bond donors (Lipinski definition) is 1. The van der Waals surface area contributed by atoms with Gasteiger partial charge in [-0.1, -0.05) is 20.8 Å². The van der Waals surface area contributed by atoms with Crippen molar-refractivity contribution >= 4 is 6.29 Å². The van der Waals surface area contributed by atoms with E-state index in [1.807, 2.05) is 0 Å². The van der Waals surface area contributed by atoms with Crippen molar-refractivity contribution in [3.63, 3.8) is 0 Å². The first-order chi connectivity index (χ1) is 21.3. The van der Waals surface area contributed by atoms with Crippen molar-refractivity contribution in [3.05, 3.63) is 28.8 Å². The van der Waals surface area contributed by atoms with Gasteiger partial charge in [-0.2, -0.15) is 110 Å². The van der Waals surface area contributed by atoms with Crippen LogP contribution in [0.2, 0.25) is 0 Å². The lowest BCUT2D eigenvalue weighted by molar-refractivity contribution is -0.482. The minimum atomic E-state index is -9.69. The highest BCUT2D eigenvalue weighted by atomic mass is 19.4. The molecule has 0 saturated carbocycles. The number of aldehydes is 1. The summed E-state index contributed by atoms with van der Waals surface area (Å²) in [4.78, 5) is 11.1. The number of phenols is 1. The minimum Gasteiger partial charge on any atom is -0.507 e. The van der Waals surface area contributed by atoms with Gasteiger partial charge in [-0.3, -0.25) is 4.79 Å². The molecule has 0 bridgehead atoms. The maximum Gasteiger partial charge on any atom is 0.460 e. The summed E-state index contributed by atoms with van der Waals surface area (Å²) >= 11 is 0. The van der Waals surface area contributed by atoms with E-state index in [0.29, 0.717) is 6.07 Å². The van der Waals surface area contributed by atoms with Gasteiger partial charge in [0.25, 0.3) is 0 Å². The Morgan fingerprint density at radius 2 is 0.700 bits per heavy atom. The molecule has 0 heterocycles. The van der Waals surface area contributed by atoms with Crippen LogP contribution in [-0.4, -0.2) is 76.8 Å². The fraction of sp³-hybridized carbons (Fsp3) is 0.696. The summed E-state index contributed by atoms with van der Waals surface area (Å²) in [5.74, 6) is -103. The van der Waals surface area contributed by atoms with E-state index in [4.69, 9.17) is 0 Å². The zero-order valence-electron chi connectivity index (χ0n) is 23.5. The second kappa shape index (κ2) is 11.5. The first-order valence-electron chi connectivity index (χ1n) is 11.9. The van der Waals surface area contributed by atoms with Gasteiger partial charge in [-0.15, -0.1) is 0 Å².